The van der Waals surface area contributed by atoms with Gasteiger partial charge in [-0.1, -0.05) is 55.4 Å². The second kappa shape index (κ2) is 10.6. The number of ether oxygens (including phenoxy) is 1. The second-order valence-corrected chi connectivity index (χ2v) is 10.3. The van der Waals surface area contributed by atoms with Gasteiger partial charge in [-0.05, 0) is 37.3 Å². The SMILES string of the molecule is CCC[C@@H]1Cc2c(sc3nc(SCC(=O)N[C@@H](C)CCc4ccccc4)nc(N)c23)CO1. The number of hydrogen-bond donors (Lipinski definition) is 2. The minimum absolute atomic E-state index is 0.0147. The van der Waals surface area contributed by atoms with Crippen molar-refractivity contribution in [1.29, 1.82) is 0 Å². The molecule has 6 nitrogen and oxygen atoms in total. The van der Waals surface area contributed by atoms with Crippen molar-refractivity contribution in [1.82, 2.24) is 15.3 Å². The number of hydrogen-bond acceptors (Lipinski definition) is 7. The molecule has 0 aliphatic carbocycles. The van der Waals surface area contributed by atoms with E-state index < -0.39 is 0 Å². The Bertz CT molecular complexity index is 1070. The van der Waals surface area contributed by atoms with Crippen LogP contribution < -0.4 is 11.1 Å². The number of anilines is 1. The van der Waals surface area contributed by atoms with Crippen LogP contribution in [0.3, 0.4) is 0 Å². The molecule has 170 valence electrons. The molecular weight excluding hydrogens is 440 g/mol. The second-order valence-electron chi connectivity index (χ2n) is 8.28. The Morgan fingerprint density at radius 2 is 2.16 bits per heavy atom. The normalized spacial score (nSPS) is 16.6. The van der Waals surface area contributed by atoms with Crippen LogP contribution in [-0.4, -0.2) is 33.8 Å². The van der Waals surface area contributed by atoms with E-state index in [2.05, 4.69) is 29.4 Å². The number of nitrogen functional groups attached to an aromatic ring is 1. The minimum Gasteiger partial charge on any atom is -0.383 e. The molecule has 4 rings (SSSR count). The number of fused-ring (bicyclic) bond motifs is 3. The van der Waals surface area contributed by atoms with Gasteiger partial charge in [0.2, 0.25) is 5.91 Å². The molecule has 32 heavy (non-hydrogen) atoms. The lowest BCUT2D eigenvalue weighted by Crippen LogP contribution is -2.34. The molecule has 0 fully saturated rings. The molecule has 3 heterocycles. The van der Waals surface area contributed by atoms with Crippen molar-refractivity contribution in [2.75, 3.05) is 11.5 Å². The summed E-state index contributed by atoms with van der Waals surface area (Å²) in [5.74, 6) is 0.760. The number of thioether (sulfide) groups is 1. The van der Waals surface area contributed by atoms with E-state index in [1.807, 2.05) is 25.1 Å². The number of carbonyl (C=O) groups is 1. The zero-order valence-corrected chi connectivity index (χ0v) is 20.2. The highest BCUT2D eigenvalue weighted by Gasteiger charge is 2.25. The van der Waals surface area contributed by atoms with Gasteiger partial charge in [-0.15, -0.1) is 11.3 Å². The summed E-state index contributed by atoms with van der Waals surface area (Å²) in [6.07, 6.45) is 5.10. The first kappa shape index (κ1) is 23.0. The van der Waals surface area contributed by atoms with Gasteiger partial charge in [0.1, 0.15) is 10.6 Å². The predicted molar refractivity (Wildman–Crippen MR) is 132 cm³/mol. The Labute approximate surface area is 197 Å². The van der Waals surface area contributed by atoms with E-state index >= 15 is 0 Å². The summed E-state index contributed by atoms with van der Waals surface area (Å²) in [7, 11) is 0. The largest absolute Gasteiger partial charge is 0.383 e. The highest BCUT2D eigenvalue weighted by atomic mass is 32.2. The number of nitrogens with two attached hydrogens (primary N) is 1. The number of thiophene rings is 1. The minimum atomic E-state index is -0.0147. The van der Waals surface area contributed by atoms with Crippen molar-refractivity contribution in [3.05, 3.63) is 46.3 Å². The predicted octanol–water partition coefficient (Wildman–Crippen LogP) is 4.74. The molecule has 2 atom stereocenters. The molecule has 8 heteroatoms. The smallest absolute Gasteiger partial charge is 0.230 e. The molecule has 0 unspecified atom stereocenters. The number of carbonyl (C=O) groups excluding carboxylic acids is 1. The van der Waals surface area contributed by atoms with E-state index in [4.69, 9.17) is 15.5 Å². The fourth-order valence-electron chi connectivity index (χ4n) is 4.04. The summed E-state index contributed by atoms with van der Waals surface area (Å²) in [4.78, 5) is 23.7. The van der Waals surface area contributed by atoms with Gasteiger partial charge in [-0.2, -0.15) is 0 Å². The van der Waals surface area contributed by atoms with Gasteiger partial charge in [0.05, 0.1) is 23.8 Å². The zero-order chi connectivity index (χ0) is 22.5. The van der Waals surface area contributed by atoms with Gasteiger partial charge in [0.15, 0.2) is 5.16 Å². The number of rotatable bonds is 9. The first-order valence-corrected chi connectivity index (χ1v) is 13.0. The lowest BCUT2D eigenvalue weighted by atomic mass is 10.0. The number of nitrogens with one attached hydrogen (secondary N) is 1. The van der Waals surface area contributed by atoms with Crippen LogP contribution in [0.15, 0.2) is 35.5 Å². The van der Waals surface area contributed by atoms with Crippen molar-refractivity contribution < 1.29 is 9.53 Å². The lowest BCUT2D eigenvalue weighted by molar-refractivity contribution is -0.119. The molecule has 0 saturated carbocycles. The van der Waals surface area contributed by atoms with Crippen LogP contribution in [0.5, 0.6) is 0 Å². The lowest BCUT2D eigenvalue weighted by Gasteiger charge is -2.22. The van der Waals surface area contributed by atoms with Crippen LogP contribution in [0.4, 0.5) is 5.82 Å². The molecule has 3 aromatic rings. The first-order valence-electron chi connectivity index (χ1n) is 11.2. The van der Waals surface area contributed by atoms with Gasteiger partial charge in [0.25, 0.3) is 0 Å². The van der Waals surface area contributed by atoms with Gasteiger partial charge >= 0.3 is 0 Å². The van der Waals surface area contributed by atoms with Crippen LogP contribution in [0.25, 0.3) is 10.2 Å². The van der Waals surface area contributed by atoms with Gasteiger partial charge < -0.3 is 15.8 Å². The molecule has 0 saturated heterocycles. The van der Waals surface area contributed by atoms with E-state index in [-0.39, 0.29) is 23.8 Å². The quantitative estimate of drug-likeness (QED) is 0.347. The third-order valence-corrected chi connectivity index (χ3v) is 7.63. The topological polar surface area (TPSA) is 90.1 Å². The van der Waals surface area contributed by atoms with Gasteiger partial charge in [0, 0.05) is 17.3 Å². The number of aryl methyl sites for hydroxylation is 1. The Hall–Kier alpha value is -2.16. The van der Waals surface area contributed by atoms with E-state index in [1.54, 1.807) is 11.3 Å². The maximum Gasteiger partial charge on any atom is 0.230 e. The van der Waals surface area contributed by atoms with Crippen molar-refractivity contribution in [3.63, 3.8) is 0 Å². The van der Waals surface area contributed by atoms with Crippen molar-refractivity contribution in [2.45, 2.75) is 69.9 Å². The fourth-order valence-corrected chi connectivity index (χ4v) is 5.89. The van der Waals surface area contributed by atoms with Crippen molar-refractivity contribution in [2.24, 2.45) is 0 Å². The monoisotopic (exact) mass is 470 g/mol. The molecule has 1 aliphatic heterocycles. The molecule has 1 aromatic carbocycles. The summed E-state index contributed by atoms with van der Waals surface area (Å²) in [5.41, 5.74) is 8.85. The summed E-state index contributed by atoms with van der Waals surface area (Å²) >= 11 is 2.96. The van der Waals surface area contributed by atoms with Gasteiger partial charge in [-0.25, -0.2) is 9.97 Å². The fraction of sp³-hybridized carbons (Fsp3) is 0.458. The van der Waals surface area contributed by atoms with Crippen molar-refractivity contribution in [3.8, 4) is 0 Å². The summed E-state index contributed by atoms with van der Waals surface area (Å²) in [6, 6.07) is 10.4. The maximum absolute atomic E-state index is 12.4. The Kier molecular flexibility index (Phi) is 7.65. The molecule has 3 N–H and O–H groups in total. The molecule has 0 radical (unpaired) electrons. The van der Waals surface area contributed by atoms with Crippen LogP contribution in [0.1, 0.15) is 49.1 Å². The standard InChI is InChI=1S/C24H30N4O2S2/c1-3-7-17-12-18-19(13-30-17)32-23-21(18)22(25)27-24(28-23)31-14-20(29)26-15(2)10-11-16-8-5-4-6-9-16/h4-6,8-9,15,17H,3,7,10-14H2,1-2H3,(H,26,29)(H2,25,27,28)/t15-,17+/m0/s1. The molecule has 0 bridgehead atoms. The molecule has 2 aromatic heterocycles. The van der Waals surface area contributed by atoms with E-state index in [0.717, 1.165) is 42.3 Å². The van der Waals surface area contributed by atoms with Crippen LogP contribution in [0, 0.1) is 0 Å². The summed E-state index contributed by atoms with van der Waals surface area (Å²) < 4.78 is 5.97. The van der Waals surface area contributed by atoms with Crippen LogP contribution in [-0.2, 0) is 29.0 Å². The van der Waals surface area contributed by atoms with E-state index in [0.29, 0.717) is 17.6 Å². The number of aromatic nitrogens is 2. The van der Waals surface area contributed by atoms with Crippen molar-refractivity contribution >= 4 is 45.0 Å². The zero-order valence-electron chi connectivity index (χ0n) is 18.6. The Balaban J connectivity index is 1.34. The van der Waals surface area contributed by atoms with Crippen LogP contribution in [0.2, 0.25) is 0 Å². The maximum atomic E-state index is 12.4. The van der Waals surface area contributed by atoms with Gasteiger partial charge in [-0.3, -0.25) is 4.79 Å². The Morgan fingerprint density at radius 3 is 2.94 bits per heavy atom. The molecular formula is C24H30N4O2S2. The van der Waals surface area contributed by atoms with E-state index in [9.17, 15) is 4.79 Å². The number of benzene rings is 1. The highest BCUT2D eigenvalue weighted by molar-refractivity contribution is 7.99. The third-order valence-electron chi connectivity index (χ3n) is 5.68. The molecule has 0 spiro atoms. The van der Waals surface area contributed by atoms with E-state index in [1.165, 1.54) is 27.8 Å². The Morgan fingerprint density at radius 1 is 1.34 bits per heavy atom. The number of amides is 1. The summed E-state index contributed by atoms with van der Waals surface area (Å²) in [5, 5.41) is 4.59. The molecule has 1 aliphatic rings. The average molecular weight is 471 g/mol. The summed E-state index contributed by atoms with van der Waals surface area (Å²) in [6.45, 7) is 4.83. The average Bonchev–Trinajstić information content (AvgIpc) is 3.15. The molecule has 1 amide bonds. The third kappa shape index (κ3) is 5.60. The number of nitrogens with zero attached hydrogens (tertiary/aromatic N) is 2. The van der Waals surface area contributed by atoms with Crippen LogP contribution >= 0.6 is 23.1 Å². The highest BCUT2D eigenvalue weighted by Crippen LogP contribution is 2.38. The first-order chi connectivity index (χ1) is 15.5.